The molecule has 1 aliphatic heterocycles. The molecule has 12 heteroatoms. The number of nitrogens with zero attached hydrogens (tertiary/aromatic N) is 2. The Morgan fingerprint density at radius 1 is 1.14 bits per heavy atom. The minimum Gasteiger partial charge on any atom is -0.447 e. The number of ether oxygens (including phenoxy) is 4. The lowest BCUT2D eigenvalue weighted by atomic mass is 9.96. The third-order valence-corrected chi connectivity index (χ3v) is 6.57. The molecule has 37 heavy (non-hydrogen) atoms. The molecule has 2 heterocycles. The first-order valence-corrected chi connectivity index (χ1v) is 12.5. The molecule has 1 saturated heterocycles. The fourth-order valence-electron chi connectivity index (χ4n) is 4.10. The van der Waals surface area contributed by atoms with Crippen LogP contribution in [0.25, 0.3) is 0 Å². The molecular formula is C25H25BrFN3O6S. The minimum absolute atomic E-state index is 0.0400. The Morgan fingerprint density at radius 2 is 1.76 bits per heavy atom. The van der Waals surface area contributed by atoms with E-state index in [1.807, 2.05) is 60.7 Å². The quantitative estimate of drug-likeness (QED) is 0.267. The maximum Gasteiger partial charge on any atom is 0.364 e. The Bertz CT molecular complexity index is 1270. The number of anilines is 1. The van der Waals surface area contributed by atoms with Gasteiger partial charge in [-0.1, -0.05) is 73.3 Å². The molecule has 0 radical (unpaired) electrons. The number of nitrogens with two attached hydrogens (primary N) is 1. The standard InChI is InChI=1S/C25H25BrFN3O6S/c26-18-11-30(23(31)29-21(18)28)22-19(35-24(32)37)20(34-13-17-9-5-2-6-10-17)25(14-27,36-22)15-33-12-16-7-3-1-4-8-16/h1-11,19-20,22H,12-15H2,(H,32,37)(H2,28,29,31)/t19-,20+,22-,25-/m1/s1. The molecule has 2 aromatic carbocycles. The molecule has 0 bridgehead atoms. The summed E-state index contributed by atoms with van der Waals surface area (Å²) in [7, 11) is 0. The predicted octanol–water partition coefficient (Wildman–Crippen LogP) is 4.06. The molecule has 9 nitrogen and oxygen atoms in total. The van der Waals surface area contributed by atoms with E-state index in [2.05, 4.69) is 33.5 Å². The molecular weight excluding hydrogens is 569 g/mol. The first-order chi connectivity index (χ1) is 17.8. The average Bonchev–Trinajstić information content (AvgIpc) is 3.18. The number of alkyl halides is 1. The monoisotopic (exact) mass is 593 g/mol. The van der Waals surface area contributed by atoms with Gasteiger partial charge in [-0.05, 0) is 27.1 Å². The number of nitrogen functional groups attached to an aromatic ring is 1. The van der Waals surface area contributed by atoms with E-state index < -0.39 is 41.7 Å². The Balaban J connectivity index is 1.69. The number of carbonyl (C=O) groups excluding carboxylic acids is 1. The highest BCUT2D eigenvalue weighted by molar-refractivity contribution is 9.10. The smallest absolute Gasteiger partial charge is 0.364 e. The van der Waals surface area contributed by atoms with Gasteiger partial charge in [0, 0.05) is 6.20 Å². The van der Waals surface area contributed by atoms with Gasteiger partial charge in [0.15, 0.2) is 17.9 Å². The third kappa shape index (κ3) is 6.39. The second-order valence-electron chi connectivity index (χ2n) is 8.41. The van der Waals surface area contributed by atoms with Gasteiger partial charge in [-0.3, -0.25) is 4.57 Å². The summed E-state index contributed by atoms with van der Waals surface area (Å²) in [5.41, 5.74) is 4.89. The van der Waals surface area contributed by atoms with Crippen LogP contribution in [0.1, 0.15) is 17.4 Å². The Labute approximate surface area is 226 Å². The maximum absolute atomic E-state index is 14.9. The second kappa shape index (κ2) is 12.2. The van der Waals surface area contributed by atoms with Gasteiger partial charge in [0.05, 0.1) is 24.3 Å². The van der Waals surface area contributed by atoms with Crippen LogP contribution in [0.2, 0.25) is 0 Å². The van der Waals surface area contributed by atoms with Crippen molar-refractivity contribution in [3.63, 3.8) is 0 Å². The molecule has 4 rings (SSSR count). The van der Waals surface area contributed by atoms with E-state index >= 15 is 0 Å². The third-order valence-electron chi connectivity index (χ3n) is 5.86. The number of hydrogen-bond donors (Lipinski definition) is 2. The van der Waals surface area contributed by atoms with E-state index in [9.17, 15) is 14.0 Å². The second-order valence-corrected chi connectivity index (χ2v) is 9.63. The van der Waals surface area contributed by atoms with Gasteiger partial charge in [0.2, 0.25) is 0 Å². The van der Waals surface area contributed by atoms with E-state index in [4.69, 9.17) is 24.7 Å². The van der Waals surface area contributed by atoms with Gasteiger partial charge in [-0.25, -0.2) is 14.0 Å². The van der Waals surface area contributed by atoms with Crippen LogP contribution in [0, 0.1) is 0 Å². The first-order valence-electron chi connectivity index (χ1n) is 11.3. The summed E-state index contributed by atoms with van der Waals surface area (Å²) in [6, 6.07) is 18.5. The van der Waals surface area contributed by atoms with Crippen molar-refractivity contribution in [1.29, 1.82) is 0 Å². The highest BCUT2D eigenvalue weighted by Crippen LogP contribution is 2.42. The summed E-state index contributed by atoms with van der Waals surface area (Å²) in [5, 5.41) is -0.956. The number of hydrogen-bond acceptors (Lipinski definition) is 8. The van der Waals surface area contributed by atoms with E-state index in [1.165, 1.54) is 6.20 Å². The van der Waals surface area contributed by atoms with Crippen molar-refractivity contribution in [2.75, 3.05) is 19.0 Å². The van der Waals surface area contributed by atoms with Crippen molar-refractivity contribution in [1.82, 2.24) is 9.55 Å². The summed E-state index contributed by atoms with van der Waals surface area (Å²) in [4.78, 5) is 28.5. The lowest BCUT2D eigenvalue weighted by molar-refractivity contribution is -0.165. The number of carbonyl (C=O) groups is 1. The largest absolute Gasteiger partial charge is 0.447 e. The molecule has 196 valence electrons. The van der Waals surface area contributed by atoms with Gasteiger partial charge in [0.25, 0.3) is 0 Å². The Hall–Kier alpha value is -2.77. The zero-order valence-electron chi connectivity index (χ0n) is 19.5. The van der Waals surface area contributed by atoms with Crippen LogP contribution in [0.4, 0.5) is 15.0 Å². The maximum atomic E-state index is 14.9. The number of halogens is 2. The van der Waals surface area contributed by atoms with E-state index in [0.717, 1.165) is 15.7 Å². The van der Waals surface area contributed by atoms with E-state index in [0.29, 0.717) is 4.47 Å². The van der Waals surface area contributed by atoms with Crippen molar-refractivity contribution in [3.8, 4) is 0 Å². The van der Waals surface area contributed by atoms with Gasteiger partial charge in [0.1, 0.15) is 18.6 Å². The zero-order valence-corrected chi connectivity index (χ0v) is 22.0. The van der Waals surface area contributed by atoms with Gasteiger partial charge >= 0.3 is 11.0 Å². The van der Waals surface area contributed by atoms with Crippen LogP contribution in [0.15, 0.2) is 76.1 Å². The van der Waals surface area contributed by atoms with Crippen LogP contribution in [-0.4, -0.2) is 45.9 Å². The molecule has 1 fully saturated rings. The molecule has 0 aliphatic carbocycles. The fourth-order valence-corrected chi connectivity index (χ4v) is 4.53. The summed E-state index contributed by atoms with van der Waals surface area (Å²) in [5.74, 6) is -0.0400. The van der Waals surface area contributed by atoms with Crippen molar-refractivity contribution < 1.29 is 28.1 Å². The van der Waals surface area contributed by atoms with Crippen LogP contribution in [-0.2, 0) is 32.2 Å². The predicted molar refractivity (Wildman–Crippen MR) is 140 cm³/mol. The van der Waals surface area contributed by atoms with Crippen molar-refractivity contribution >= 4 is 39.7 Å². The number of thiol groups is 1. The summed E-state index contributed by atoms with van der Waals surface area (Å²) in [6.07, 6.45) is -2.40. The molecule has 0 amide bonds. The Morgan fingerprint density at radius 3 is 2.35 bits per heavy atom. The highest BCUT2D eigenvalue weighted by atomic mass is 79.9. The number of rotatable bonds is 10. The zero-order chi connectivity index (χ0) is 26.4. The van der Waals surface area contributed by atoms with Crippen LogP contribution in [0.5, 0.6) is 0 Å². The molecule has 4 atom stereocenters. The fraction of sp³-hybridized carbons (Fsp3) is 0.320. The number of benzene rings is 2. The van der Waals surface area contributed by atoms with E-state index in [1.54, 1.807) is 0 Å². The summed E-state index contributed by atoms with van der Waals surface area (Å²) in [6.45, 7) is -1.08. The summed E-state index contributed by atoms with van der Waals surface area (Å²) < 4.78 is 39.9. The molecule has 1 aromatic heterocycles. The average molecular weight is 594 g/mol. The molecule has 0 saturated carbocycles. The molecule has 3 aromatic rings. The van der Waals surface area contributed by atoms with Gasteiger partial charge < -0.3 is 24.7 Å². The van der Waals surface area contributed by atoms with Gasteiger partial charge in [-0.15, -0.1) is 0 Å². The summed E-state index contributed by atoms with van der Waals surface area (Å²) >= 11 is 6.97. The van der Waals surface area contributed by atoms with Crippen LogP contribution in [0.3, 0.4) is 0 Å². The van der Waals surface area contributed by atoms with Crippen molar-refractivity contribution in [3.05, 3.63) is 92.9 Å². The molecule has 0 spiro atoms. The van der Waals surface area contributed by atoms with Crippen molar-refractivity contribution in [2.45, 2.75) is 37.3 Å². The van der Waals surface area contributed by atoms with E-state index in [-0.39, 0.29) is 25.6 Å². The first kappa shape index (κ1) is 27.3. The lowest BCUT2D eigenvalue weighted by Gasteiger charge is -2.32. The van der Waals surface area contributed by atoms with Gasteiger partial charge in [-0.2, -0.15) is 4.98 Å². The number of aromatic nitrogens is 2. The van der Waals surface area contributed by atoms with Crippen molar-refractivity contribution in [2.24, 2.45) is 0 Å². The molecule has 2 N–H and O–H groups in total. The normalized spacial score (nSPS) is 23.2. The van der Waals surface area contributed by atoms with Crippen LogP contribution >= 0.6 is 28.6 Å². The Kier molecular flexibility index (Phi) is 8.98. The topological polar surface area (TPSA) is 115 Å². The highest BCUT2D eigenvalue weighted by Gasteiger charge is 2.59. The SMILES string of the molecule is Nc1nc(=O)n([C@@H]2O[C@](CF)(COCc3ccccc3)[C@@H](OCc3ccccc3)[C@H]2OC(=O)S)cc1Br. The molecule has 1 aliphatic rings. The van der Waals surface area contributed by atoms with Crippen LogP contribution < -0.4 is 11.4 Å². The molecule has 0 unspecified atom stereocenters. The minimum atomic E-state index is -1.73. The lowest BCUT2D eigenvalue weighted by Crippen LogP contribution is -2.51.